The number of hydrogen-bond acceptors (Lipinski definition) is 4. The molecule has 3 aliphatic rings. The number of rotatable bonds is 5. The molecular formula is C26H37N5O. The number of aromatic nitrogens is 3. The van der Waals surface area contributed by atoms with Crippen molar-refractivity contribution >= 4 is 5.91 Å². The smallest absolute Gasteiger partial charge is 0.251 e. The highest BCUT2D eigenvalue weighted by atomic mass is 16.1. The van der Waals surface area contributed by atoms with E-state index >= 15 is 0 Å². The van der Waals surface area contributed by atoms with Gasteiger partial charge in [0.2, 0.25) is 0 Å². The molecule has 1 saturated carbocycles. The Morgan fingerprint density at radius 2 is 1.88 bits per heavy atom. The summed E-state index contributed by atoms with van der Waals surface area (Å²) in [6, 6.07) is 8.28. The molecule has 1 unspecified atom stereocenters. The predicted molar refractivity (Wildman–Crippen MR) is 126 cm³/mol. The molecule has 6 nitrogen and oxygen atoms in total. The van der Waals surface area contributed by atoms with E-state index in [1.807, 2.05) is 19.1 Å². The van der Waals surface area contributed by atoms with Crippen molar-refractivity contribution in [2.45, 2.75) is 89.1 Å². The highest BCUT2D eigenvalue weighted by molar-refractivity contribution is 5.94. The van der Waals surface area contributed by atoms with Crippen molar-refractivity contribution in [3.63, 3.8) is 0 Å². The fourth-order valence-electron chi connectivity index (χ4n) is 6.20. The quantitative estimate of drug-likeness (QED) is 0.763. The number of nitrogens with zero attached hydrogens (tertiary/aromatic N) is 4. The van der Waals surface area contributed by atoms with Gasteiger partial charge in [-0.05, 0) is 69.8 Å². The molecule has 0 radical (unpaired) electrons. The van der Waals surface area contributed by atoms with Crippen LogP contribution in [0.3, 0.4) is 0 Å². The number of carbonyl (C=O) groups excluding carboxylic acids is 1. The molecule has 3 heterocycles. The second kappa shape index (κ2) is 9.34. The normalized spacial score (nSPS) is 23.5. The summed E-state index contributed by atoms with van der Waals surface area (Å²) in [6.45, 7) is 6.08. The van der Waals surface area contributed by atoms with E-state index in [2.05, 4.69) is 37.1 Å². The summed E-state index contributed by atoms with van der Waals surface area (Å²) in [5.41, 5.74) is 2.20. The Labute approximate surface area is 191 Å². The van der Waals surface area contributed by atoms with E-state index in [9.17, 15) is 4.79 Å². The summed E-state index contributed by atoms with van der Waals surface area (Å²) in [6.07, 6.45) is 12.3. The van der Waals surface area contributed by atoms with Gasteiger partial charge in [-0.2, -0.15) is 0 Å². The first-order valence-corrected chi connectivity index (χ1v) is 12.7. The summed E-state index contributed by atoms with van der Waals surface area (Å²) in [7, 11) is 0. The molecule has 1 aliphatic carbocycles. The van der Waals surface area contributed by atoms with Crippen LogP contribution in [0.4, 0.5) is 0 Å². The van der Waals surface area contributed by atoms with E-state index < -0.39 is 0 Å². The van der Waals surface area contributed by atoms with Gasteiger partial charge in [0, 0.05) is 36.5 Å². The van der Waals surface area contributed by atoms with Crippen molar-refractivity contribution in [3.05, 3.63) is 47.0 Å². The van der Waals surface area contributed by atoms with Crippen molar-refractivity contribution in [3.8, 4) is 0 Å². The highest BCUT2D eigenvalue weighted by Gasteiger charge is 2.38. The van der Waals surface area contributed by atoms with Crippen LogP contribution in [0.15, 0.2) is 24.3 Å². The van der Waals surface area contributed by atoms with Gasteiger partial charge in [-0.3, -0.25) is 9.69 Å². The Hall–Kier alpha value is -2.21. The largest absolute Gasteiger partial charge is 0.350 e. The SMILES string of the molecule is Cc1nnc2n1CC(c1cccc(C(=O)NCC3(N4CCCCC4)CCCCC3)c1)CC2. The number of amides is 1. The van der Waals surface area contributed by atoms with Gasteiger partial charge in [-0.1, -0.05) is 37.8 Å². The minimum Gasteiger partial charge on any atom is -0.350 e. The van der Waals surface area contributed by atoms with Gasteiger partial charge in [-0.25, -0.2) is 0 Å². The number of hydrogen-bond donors (Lipinski definition) is 1. The number of benzene rings is 1. The van der Waals surface area contributed by atoms with Gasteiger partial charge >= 0.3 is 0 Å². The van der Waals surface area contributed by atoms with Crippen molar-refractivity contribution in [1.82, 2.24) is 25.0 Å². The molecule has 1 aromatic carbocycles. The number of likely N-dealkylation sites (tertiary alicyclic amines) is 1. The monoisotopic (exact) mass is 435 g/mol. The molecule has 172 valence electrons. The zero-order chi connectivity index (χ0) is 22.0. The third-order valence-corrected chi connectivity index (χ3v) is 8.14. The Morgan fingerprint density at radius 3 is 2.69 bits per heavy atom. The Balaban J connectivity index is 1.27. The average Bonchev–Trinajstić information content (AvgIpc) is 3.24. The van der Waals surface area contributed by atoms with E-state index in [4.69, 9.17) is 0 Å². The molecule has 1 saturated heterocycles. The number of carbonyl (C=O) groups is 1. The molecular weight excluding hydrogens is 398 g/mol. The van der Waals surface area contributed by atoms with Gasteiger partial charge in [0.25, 0.3) is 5.91 Å². The average molecular weight is 436 g/mol. The highest BCUT2D eigenvalue weighted by Crippen LogP contribution is 2.35. The lowest BCUT2D eigenvalue weighted by atomic mass is 9.79. The minimum atomic E-state index is 0.0748. The van der Waals surface area contributed by atoms with Gasteiger partial charge in [-0.15, -0.1) is 10.2 Å². The van der Waals surface area contributed by atoms with Crippen LogP contribution in [0.5, 0.6) is 0 Å². The molecule has 0 spiro atoms. The topological polar surface area (TPSA) is 63.1 Å². The second-order valence-corrected chi connectivity index (χ2v) is 10.2. The number of fused-ring (bicyclic) bond motifs is 1. The lowest BCUT2D eigenvalue weighted by molar-refractivity contribution is 0.0326. The fraction of sp³-hybridized carbons (Fsp3) is 0.654. The lowest BCUT2D eigenvalue weighted by Gasteiger charge is -2.48. The van der Waals surface area contributed by atoms with Crippen molar-refractivity contribution in [1.29, 1.82) is 0 Å². The van der Waals surface area contributed by atoms with E-state index in [0.29, 0.717) is 5.92 Å². The molecule has 2 aromatic rings. The van der Waals surface area contributed by atoms with E-state index in [0.717, 1.165) is 43.1 Å². The number of nitrogens with one attached hydrogen (secondary N) is 1. The Kier molecular flexibility index (Phi) is 6.31. The molecule has 1 amide bonds. The summed E-state index contributed by atoms with van der Waals surface area (Å²) in [5.74, 6) is 2.55. The summed E-state index contributed by atoms with van der Waals surface area (Å²) < 4.78 is 2.23. The molecule has 1 N–H and O–H groups in total. The minimum absolute atomic E-state index is 0.0748. The molecule has 5 rings (SSSR count). The molecule has 6 heteroatoms. The summed E-state index contributed by atoms with van der Waals surface area (Å²) in [4.78, 5) is 15.9. The van der Waals surface area contributed by atoms with Crippen molar-refractivity contribution in [2.75, 3.05) is 19.6 Å². The first-order valence-electron chi connectivity index (χ1n) is 12.7. The first-order chi connectivity index (χ1) is 15.6. The molecule has 1 atom stereocenters. The maximum Gasteiger partial charge on any atom is 0.251 e. The van der Waals surface area contributed by atoms with E-state index in [-0.39, 0.29) is 11.4 Å². The first kappa shape index (κ1) is 21.6. The number of piperidine rings is 1. The maximum absolute atomic E-state index is 13.2. The molecule has 1 aromatic heterocycles. The zero-order valence-corrected chi connectivity index (χ0v) is 19.5. The van der Waals surface area contributed by atoms with Crippen LogP contribution in [0.2, 0.25) is 0 Å². The standard InChI is InChI=1S/C26H37N5O/c1-20-28-29-24-12-11-23(18-31(20)24)21-9-8-10-22(17-21)25(32)27-19-26(13-4-2-5-14-26)30-15-6-3-7-16-30/h8-10,17,23H,2-7,11-16,18-19H2,1H3,(H,27,32). The third kappa shape index (κ3) is 4.34. The molecule has 2 fully saturated rings. The van der Waals surface area contributed by atoms with Crippen molar-refractivity contribution < 1.29 is 4.79 Å². The van der Waals surface area contributed by atoms with Crippen LogP contribution in [-0.4, -0.2) is 50.7 Å². The molecule has 32 heavy (non-hydrogen) atoms. The van der Waals surface area contributed by atoms with Crippen LogP contribution < -0.4 is 5.32 Å². The Bertz CT molecular complexity index is 939. The van der Waals surface area contributed by atoms with Crippen molar-refractivity contribution in [2.24, 2.45) is 0 Å². The number of aryl methyl sites for hydroxylation is 2. The van der Waals surface area contributed by atoms with Crippen LogP contribution >= 0.6 is 0 Å². The maximum atomic E-state index is 13.2. The third-order valence-electron chi connectivity index (χ3n) is 8.14. The van der Waals surface area contributed by atoms with Crippen LogP contribution in [0, 0.1) is 6.92 Å². The van der Waals surface area contributed by atoms with E-state index in [1.165, 1.54) is 70.0 Å². The van der Waals surface area contributed by atoms with E-state index in [1.54, 1.807) is 0 Å². The fourth-order valence-corrected chi connectivity index (χ4v) is 6.20. The molecule has 0 bridgehead atoms. The van der Waals surface area contributed by atoms with Gasteiger partial charge < -0.3 is 9.88 Å². The second-order valence-electron chi connectivity index (χ2n) is 10.2. The summed E-state index contributed by atoms with van der Waals surface area (Å²) in [5, 5.41) is 11.9. The van der Waals surface area contributed by atoms with Gasteiger partial charge in [0.05, 0.1) is 0 Å². The van der Waals surface area contributed by atoms with Gasteiger partial charge in [0.15, 0.2) is 0 Å². The van der Waals surface area contributed by atoms with Crippen LogP contribution in [0.25, 0.3) is 0 Å². The zero-order valence-electron chi connectivity index (χ0n) is 19.5. The Morgan fingerprint density at radius 1 is 1.09 bits per heavy atom. The lowest BCUT2D eigenvalue weighted by Crippen LogP contribution is -2.58. The molecule has 2 aliphatic heterocycles. The van der Waals surface area contributed by atoms with Crippen LogP contribution in [0.1, 0.15) is 91.3 Å². The summed E-state index contributed by atoms with van der Waals surface area (Å²) >= 11 is 0. The van der Waals surface area contributed by atoms with Gasteiger partial charge in [0.1, 0.15) is 11.6 Å². The van der Waals surface area contributed by atoms with Crippen LogP contribution in [-0.2, 0) is 13.0 Å². The predicted octanol–water partition coefficient (Wildman–Crippen LogP) is 4.24.